The van der Waals surface area contributed by atoms with Gasteiger partial charge in [0.1, 0.15) is 5.84 Å². The average Bonchev–Trinajstić information content (AvgIpc) is 2.36. The van der Waals surface area contributed by atoms with Crippen molar-refractivity contribution < 1.29 is 9.94 Å². The molecule has 1 aliphatic rings. The summed E-state index contributed by atoms with van der Waals surface area (Å²) in [5, 5.41) is 11.8. The molecule has 5 nitrogen and oxygen atoms in total. The Morgan fingerprint density at radius 3 is 2.83 bits per heavy atom. The Kier molecular flexibility index (Phi) is 5.88. The van der Waals surface area contributed by atoms with Gasteiger partial charge in [0.05, 0.1) is 6.61 Å². The van der Waals surface area contributed by atoms with Gasteiger partial charge in [0.25, 0.3) is 0 Å². The zero-order chi connectivity index (χ0) is 13.6. The van der Waals surface area contributed by atoms with Crippen LogP contribution in [0, 0.1) is 11.3 Å². The van der Waals surface area contributed by atoms with E-state index in [-0.39, 0.29) is 5.41 Å². The van der Waals surface area contributed by atoms with Crippen LogP contribution in [-0.4, -0.2) is 49.3 Å². The minimum Gasteiger partial charge on any atom is -0.409 e. The van der Waals surface area contributed by atoms with E-state index in [9.17, 15) is 0 Å². The van der Waals surface area contributed by atoms with E-state index >= 15 is 0 Å². The lowest BCUT2D eigenvalue weighted by atomic mass is 9.88. The molecule has 0 spiro atoms. The van der Waals surface area contributed by atoms with Crippen molar-refractivity contribution in [2.75, 3.05) is 33.4 Å². The van der Waals surface area contributed by atoms with Gasteiger partial charge in [-0.15, -0.1) is 0 Å². The molecule has 106 valence electrons. The topological polar surface area (TPSA) is 71.1 Å². The second-order valence-electron chi connectivity index (χ2n) is 5.96. The van der Waals surface area contributed by atoms with Crippen molar-refractivity contribution in [3.8, 4) is 0 Å². The Morgan fingerprint density at radius 2 is 2.28 bits per heavy atom. The summed E-state index contributed by atoms with van der Waals surface area (Å²) in [5.74, 6) is 0.951. The number of amidine groups is 1. The standard InChI is InChI=1S/C13H27N3O2/c1-13(2,12(14)15-17)6-7-16(3)9-11-5-4-8-18-10-11/h11,17H,4-10H2,1-3H3,(H2,14,15). The Morgan fingerprint density at radius 1 is 1.56 bits per heavy atom. The van der Waals surface area contributed by atoms with Crippen LogP contribution in [0.15, 0.2) is 5.16 Å². The van der Waals surface area contributed by atoms with E-state index < -0.39 is 0 Å². The Bertz CT molecular complexity index is 273. The molecule has 0 aliphatic carbocycles. The normalized spacial score (nSPS) is 22.4. The van der Waals surface area contributed by atoms with Gasteiger partial charge in [0.15, 0.2) is 0 Å². The van der Waals surface area contributed by atoms with Gasteiger partial charge in [0.2, 0.25) is 0 Å². The van der Waals surface area contributed by atoms with Crippen LogP contribution in [-0.2, 0) is 4.74 Å². The van der Waals surface area contributed by atoms with E-state index in [0.717, 1.165) is 32.7 Å². The van der Waals surface area contributed by atoms with E-state index in [0.29, 0.717) is 11.8 Å². The Hall–Kier alpha value is -0.810. The summed E-state index contributed by atoms with van der Waals surface area (Å²) in [4.78, 5) is 2.31. The molecule has 1 rings (SSSR count). The van der Waals surface area contributed by atoms with Crippen molar-refractivity contribution in [2.24, 2.45) is 22.2 Å². The van der Waals surface area contributed by atoms with Crippen LogP contribution >= 0.6 is 0 Å². The summed E-state index contributed by atoms with van der Waals surface area (Å²) in [6.45, 7) is 7.80. The first-order valence-electron chi connectivity index (χ1n) is 6.70. The van der Waals surface area contributed by atoms with Gasteiger partial charge in [-0.3, -0.25) is 0 Å². The summed E-state index contributed by atoms with van der Waals surface area (Å²) in [5.41, 5.74) is 5.42. The molecule has 0 saturated carbocycles. The Balaban J connectivity index is 2.29. The number of rotatable bonds is 6. The maximum atomic E-state index is 8.73. The minimum atomic E-state index is -0.258. The van der Waals surface area contributed by atoms with Crippen LogP contribution in [0.25, 0.3) is 0 Å². The molecule has 18 heavy (non-hydrogen) atoms. The van der Waals surface area contributed by atoms with Gasteiger partial charge in [-0.25, -0.2) is 0 Å². The molecule has 1 aliphatic heterocycles. The Labute approximate surface area is 110 Å². The first kappa shape index (κ1) is 15.2. The van der Waals surface area contributed by atoms with Gasteiger partial charge in [-0.1, -0.05) is 19.0 Å². The number of nitrogens with zero attached hydrogens (tertiary/aromatic N) is 2. The van der Waals surface area contributed by atoms with Crippen molar-refractivity contribution in [2.45, 2.75) is 33.1 Å². The molecule has 0 radical (unpaired) electrons. The monoisotopic (exact) mass is 257 g/mol. The summed E-state index contributed by atoms with van der Waals surface area (Å²) < 4.78 is 5.49. The fourth-order valence-electron chi connectivity index (χ4n) is 2.22. The van der Waals surface area contributed by atoms with Gasteiger partial charge in [-0.05, 0) is 38.8 Å². The highest BCUT2D eigenvalue weighted by Gasteiger charge is 2.24. The molecule has 0 aromatic rings. The van der Waals surface area contributed by atoms with E-state index in [1.54, 1.807) is 0 Å². The molecule has 0 bridgehead atoms. The van der Waals surface area contributed by atoms with Crippen molar-refractivity contribution in [1.29, 1.82) is 0 Å². The van der Waals surface area contributed by atoms with Crippen molar-refractivity contribution >= 4 is 5.84 Å². The molecule has 0 aromatic heterocycles. The zero-order valence-corrected chi connectivity index (χ0v) is 11.9. The summed E-state index contributed by atoms with van der Waals surface area (Å²) in [6, 6.07) is 0. The van der Waals surface area contributed by atoms with Crippen LogP contribution in [0.3, 0.4) is 0 Å². The van der Waals surface area contributed by atoms with Crippen LogP contribution in [0.4, 0.5) is 0 Å². The van der Waals surface area contributed by atoms with Crippen LogP contribution in [0.1, 0.15) is 33.1 Å². The smallest absolute Gasteiger partial charge is 0.144 e. The lowest BCUT2D eigenvalue weighted by Gasteiger charge is -2.30. The number of hydrogen-bond acceptors (Lipinski definition) is 4. The van der Waals surface area contributed by atoms with Gasteiger partial charge in [-0.2, -0.15) is 0 Å². The van der Waals surface area contributed by atoms with Crippen molar-refractivity contribution in [3.05, 3.63) is 0 Å². The second kappa shape index (κ2) is 6.95. The fourth-order valence-corrected chi connectivity index (χ4v) is 2.22. The molecule has 1 unspecified atom stereocenters. The minimum absolute atomic E-state index is 0.258. The largest absolute Gasteiger partial charge is 0.409 e. The molecule has 1 saturated heterocycles. The lowest BCUT2D eigenvalue weighted by molar-refractivity contribution is 0.0413. The molecule has 0 amide bonds. The van der Waals surface area contributed by atoms with Gasteiger partial charge in [0, 0.05) is 18.6 Å². The van der Waals surface area contributed by atoms with Gasteiger partial charge < -0.3 is 20.6 Å². The van der Waals surface area contributed by atoms with E-state index in [4.69, 9.17) is 15.7 Å². The summed E-state index contributed by atoms with van der Waals surface area (Å²) >= 11 is 0. The molecule has 1 heterocycles. The number of oxime groups is 1. The van der Waals surface area contributed by atoms with Crippen LogP contribution in [0.5, 0.6) is 0 Å². The summed E-state index contributed by atoms with van der Waals surface area (Å²) in [6.07, 6.45) is 3.31. The van der Waals surface area contributed by atoms with Crippen LogP contribution in [0.2, 0.25) is 0 Å². The quantitative estimate of drug-likeness (QED) is 0.327. The number of ether oxygens (including phenoxy) is 1. The highest BCUT2D eigenvalue weighted by atomic mass is 16.5. The SMILES string of the molecule is CN(CCC(C)(C)C(N)=NO)CC1CCCOC1. The van der Waals surface area contributed by atoms with E-state index in [1.165, 1.54) is 12.8 Å². The predicted octanol–water partition coefficient (Wildman–Crippen LogP) is 1.51. The lowest BCUT2D eigenvalue weighted by Crippen LogP contribution is -2.37. The average molecular weight is 257 g/mol. The third-order valence-electron chi connectivity index (χ3n) is 3.74. The molecule has 1 fully saturated rings. The maximum absolute atomic E-state index is 8.73. The highest BCUT2D eigenvalue weighted by Crippen LogP contribution is 2.21. The van der Waals surface area contributed by atoms with E-state index in [2.05, 4.69) is 17.1 Å². The van der Waals surface area contributed by atoms with Gasteiger partial charge >= 0.3 is 0 Å². The molecular formula is C13H27N3O2. The van der Waals surface area contributed by atoms with Crippen molar-refractivity contribution in [3.63, 3.8) is 0 Å². The molecule has 0 aromatic carbocycles. The molecule has 5 heteroatoms. The summed E-state index contributed by atoms with van der Waals surface area (Å²) in [7, 11) is 2.12. The first-order chi connectivity index (χ1) is 8.45. The van der Waals surface area contributed by atoms with Crippen molar-refractivity contribution in [1.82, 2.24) is 4.90 Å². The first-order valence-corrected chi connectivity index (χ1v) is 6.70. The predicted molar refractivity (Wildman–Crippen MR) is 72.8 cm³/mol. The fraction of sp³-hybridized carbons (Fsp3) is 0.923. The molecule has 1 atom stereocenters. The van der Waals surface area contributed by atoms with E-state index in [1.807, 2.05) is 13.8 Å². The maximum Gasteiger partial charge on any atom is 0.144 e. The molecular weight excluding hydrogens is 230 g/mol. The number of nitrogens with two attached hydrogens (primary N) is 1. The number of hydrogen-bond donors (Lipinski definition) is 2. The third kappa shape index (κ3) is 4.82. The highest BCUT2D eigenvalue weighted by molar-refractivity contribution is 5.85. The van der Waals surface area contributed by atoms with Crippen LogP contribution < -0.4 is 5.73 Å². The third-order valence-corrected chi connectivity index (χ3v) is 3.74. The second-order valence-corrected chi connectivity index (χ2v) is 5.96. The zero-order valence-electron chi connectivity index (χ0n) is 11.9. The molecule has 3 N–H and O–H groups in total.